The molecule has 1 aromatic heterocycles. The van der Waals surface area contributed by atoms with Crippen LogP contribution < -0.4 is 26.3 Å². The lowest BCUT2D eigenvalue weighted by atomic mass is 10.1. The van der Waals surface area contributed by atoms with E-state index in [-0.39, 0.29) is 29.3 Å². The van der Waals surface area contributed by atoms with Gasteiger partial charge in [-0.25, -0.2) is 4.57 Å². The quantitative estimate of drug-likeness (QED) is 0.432. The fourth-order valence-corrected chi connectivity index (χ4v) is 2.48. The number of benzene rings is 2. The topological polar surface area (TPSA) is 66.9 Å². The number of Topliss-reactive ketones (excluding diaryl/α,β-unsaturated/α-hetero) is 1. The van der Waals surface area contributed by atoms with Gasteiger partial charge in [-0.15, -0.1) is 0 Å². The number of carbonyl (C=O) groups excluding carboxylic acids is 1. The molecule has 0 aliphatic rings. The number of carbonyl (C=O) groups is 1. The van der Waals surface area contributed by atoms with Gasteiger partial charge >= 0.3 is 0 Å². The Morgan fingerprint density at radius 3 is 2.50 bits per heavy atom. The summed E-state index contributed by atoms with van der Waals surface area (Å²) < 4.78 is 7.07. The number of nitriles is 1. The van der Waals surface area contributed by atoms with E-state index in [1.807, 2.05) is 42.6 Å². The number of aromatic nitrogens is 2. The number of hydrogen-bond donors (Lipinski definition) is 0. The Kier molecular flexibility index (Phi) is 6.59. The number of ketones is 1. The first kappa shape index (κ1) is 19.3. The van der Waals surface area contributed by atoms with Crippen LogP contribution in [-0.4, -0.2) is 17.9 Å². The summed E-state index contributed by atoms with van der Waals surface area (Å²) in [6.07, 6.45) is 3.44. The highest BCUT2D eigenvalue weighted by Gasteiger charge is 2.14. The van der Waals surface area contributed by atoms with Gasteiger partial charge in [0.1, 0.15) is 5.75 Å². The lowest BCUT2D eigenvalue weighted by Crippen LogP contribution is -3.00. The van der Waals surface area contributed by atoms with Crippen LogP contribution in [0.25, 0.3) is 11.3 Å². The van der Waals surface area contributed by atoms with Gasteiger partial charge in [0.25, 0.3) is 6.33 Å². The Hall–Kier alpha value is -3.04. The molecule has 2 aromatic carbocycles. The van der Waals surface area contributed by atoms with Crippen molar-refractivity contribution in [2.24, 2.45) is 0 Å². The molecule has 0 aliphatic carbocycles. The van der Waals surface area contributed by atoms with Crippen LogP contribution in [0.3, 0.4) is 0 Å². The SMILES string of the molecule is COc1ccccc1-c1cc[n+](CC(=O)c2ccc(C#N)cc2)cn1.[Br-]. The minimum atomic E-state index is -0.0404. The maximum absolute atomic E-state index is 12.3. The van der Waals surface area contributed by atoms with Crippen molar-refractivity contribution in [1.29, 1.82) is 5.26 Å². The van der Waals surface area contributed by atoms with E-state index in [4.69, 9.17) is 10.00 Å². The number of hydrogen-bond acceptors (Lipinski definition) is 4. The average molecular weight is 410 g/mol. The molecule has 0 saturated carbocycles. The van der Waals surface area contributed by atoms with Crippen LogP contribution in [0.1, 0.15) is 15.9 Å². The monoisotopic (exact) mass is 409 g/mol. The highest BCUT2D eigenvalue weighted by Crippen LogP contribution is 2.26. The zero-order valence-electron chi connectivity index (χ0n) is 14.1. The Morgan fingerprint density at radius 1 is 1.15 bits per heavy atom. The van der Waals surface area contributed by atoms with Crippen molar-refractivity contribution in [3.63, 3.8) is 0 Å². The van der Waals surface area contributed by atoms with E-state index in [2.05, 4.69) is 4.98 Å². The maximum atomic E-state index is 12.3. The van der Waals surface area contributed by atoms with E-state index in [1.165, 1.54) is 0 Å². The molecule has 6 heteroatoms. The fourth-order valence-electron chi connectivity index (χ4n) is 2.48. The summed E-state index contributed by atoms with van der Waals surface area (Å²) in [6, 6.07) is 18.1. The van der Waals surface area contributed by atoms with Gasteiger partial charge in [0, 0.05) is 11.6 Å². The molecule has 0 bridgehead atoms. The molecule has 0 fully saturated rings. The van der Waals surface area contributed by atoms with Crippen LogP contribution in [0.5, 0.6) is 5.75 Å². The molecule has 0 aliphatic heterocycles. The molecular weight excluding hydrogens is 394 g/mol. The molecule has 0 unspecified atom stereocenters. The maximum Gasteiger partial charge on any atom is 0.287 e. The van der Waals surface area contributed by atoms with Gasteiger partial charge in [-0.05, 0) is 41.4 Å². The summed E-state index contributed by atoms with van der Waals surface area (Å²) in [6.45, 7) is 0.186. The molecule has 0 amide bonds. The van der Waals surface area contributed by atoms with Crippen LogP contribution in [0.2, 0.25) is 0 Å². The minimum Gasteiger partial charge on any atom is -1.00 e. The number of rotatable bonds is 5. The first-order valence-electron chi connectivity index (χ1n) is 7.73. The van der Waals surface area contributed by atoms with E-state index in [9.17, 15) is 4.79 Å². The van der Waals surface area contributed by atoms with E-state index >= 15 is 0 Å². The second-order valence-corrected chi connectivity index (χ2v) is 5.43. The van der Waals surface area contributed by atoms with E-state index in [0.717, 1.165) is 17.0 Å². The summed E-state index contributed by atoms with van der Waals surface area (Å²) in [5.74, 6) is 0.711. The number of ether oxygens (including phenoxy) is 1. The Labute approximate surface area is 162 Å². The van der Waals surface area contributed by atoms with Gasteiger partial charge in [0.15, 0.2) is 12.2 Å². The molecule has 1 heterocycles. The molecule has 130 valence electrons. The van der Waals surface area contributed by atoms with Crippen LogP contribution in [0.4, 0.5) is 0 Å². The van der Waals surface area contributed by atoms with Crippen molar-refractivity contribution in [2.75, 3.05) is 7.11 Å². The van der Waals surface area contributed by atoms with E-state index < -0.39 is 0 Å². The Morgan fingerprint density at radius 2 is 1.88 bits per heavy atom. The van der Waals surface area contributed by atoms with Crippen LogP contribution in [0, 0.1) is 11.3 Å². The first-order valence-corrected chi connectivity index (χ1v) is 7.73. The van der Waals surface area contributed by atoms with Crippen molar-refractivity contribution >= 4 is 5.78 Å². The molecule has 0 spiro atoms. The summed E-state index contributed by atoms with van der Waals surface area (Å²) in [4.78, 5) is 16.7. The van der Waals surface area contributed by atoms with Crippen molar-refractivity contribution in [1.82, 2.24) is 4.98 Å². The molecule has 3 rings (SSSR count). The van der Waals surface area contributed by atoms with E-state index in [0.29, 0.717) is 11.1 Å². The van der Waals surface area contributed by atoms with E-state index in [1.54, 1.807) is 42.3 Å². The zero-order chi connectivity index (χ0) is 17.6. The summed E-state index contributed by atoms with van der Waals surface area (Å²) in [5.41, 5.74) is 2.78. The second-order valence-electron chi connectivity index (χ2n) is 5.43. The predicted molar refractivity (Wildman–Crippen MR) is 91.9 cm³/mol. The smallest absolute Gasteiger partial charge is 0.287 e. The van der Waals surface area contributed by atoms with Gasteiger partial charge in [-0.2, -0.15) is 5.26 Å². The van der Waals surface area contributed by atoms with Crippen molar-refractivity contribution in [2.45, 2.75) is 6.54 Å². The third-order valence-corrected chi connectivity index (χ3v) is 3.81. The molecular formula is C20H16BrN3O2. The minimum absolute atomic E-state index is 0. The third-order valence-electron chi connectivity index (χ3n) is 3.81. The molecule has 0 saturated heterocycles. The highest BCUT2D eigenvalue weighted by molar-refractivity contribution is 5.95. The summed E-state index contributed by atoms with van der Waals surface area (Å²) in [5, 5.41) is 8.80. The van der Waals surface area contributed by atoms with Gasteiger partial charge < -0.3 is 21.7 Å². The van der Waals surface area contributed by atoms with Gasteiger partial charge in [0.05, 0.1) is 30.5 Å². The Balaban J connectivity index is 0.00000243. The molecule has 5 nitrogen and oxygen atoms in total. The first-order chi connectivity index (χ1) is 12.2. The number of halogens is 1. The second kappa shape index (κ2) is 8.88. The largest absolute Gasteiger partial charge is 1.00 e. The molecule has 0 N–H and O–H groups in total. The molecule has 26 heavy (non-hydrogen) atoms. The van der Waals surface area contributed by atoms with Gasteiger partial charge in [-0.3, -0.25) is 4.79 Å². The standard InChI is InChI=1S/C20H16N3O2.BrH/c1-25-20-5-3-2-4-17(20)18-10-11-23(14-22-18)13-19(24)16-8-6-15(12-21)7-9-16;/h2-11,14H,13H2,1H3;1H/q+1;/p-1. The average Bonchev–Trinajstić information content (AvgIpc) is 2.68. The van der Waals surface area contributed by atoms with Crippen molar-refractivity contribution in [3.8, 4) is 23.1 Å². The number of nitrogens with zero attached hydrogens (tertiary/aromatic N) is 3. The summed E-state index contributed by atoms with van der Waals surface area (Å²) >= 11 is 0. The molecule has 0 atom stereocenters. The van der Waals surface area contributed by atoms with Crippen LogP contribution in [0.15, 0.2) is 67.1 Å². The summed E-state index contributed by atoms with van der Waals surface area (Å²) in [7, 11) is 1.62. The predicted octanol–water partition coefficient (Wildman–Crippen LogP) is -0.197. The van der Waals surface area contributed by atoms with Crippen LogP contribution >= 0.6 is 0 Å². The zero-order valence-corrected chi connectivity index (χ0v) is 15.7. The van der Waals surface area contributed by atoms with Gasteiger partial charge in [0.2, 0.25) is 5.78 Å². The highest BCUT2D eigenvalue weighted by atomic mass is 79.9. The lowest BCUT2D eigenvalue weighted by molar-refractivity contribution is -0.686. The van der Waals surface area contributed by atoms with Crippen molar-refractivity contribution in [3.05, 3.63) is 78.2 Å². The number of methoxy groups -OCH3 is 1. The van der Waals surface area contributed by atoms with Crippen molar-refractivity contribution < 1.29 is 31.1 Å². The third kappa shape index (κ3) is 4.32. The number of para-hydroxylation sites is 1. The lowest BCUT2D eigenvalue weighted by Gasteiger charge is -2.05. The van der Waals surface area contributed by atoms with Gasteiger partial charge in [-0.1, -0.05) is 12.1 Å². The fraction of sp³-hybridized carbons (Fsp3) is 0.100. The Bertz CT molecular complexity index is 933. The van der Waals surface area contributed by atoms with Crippen LogP contribution in [-0.2, 0) is 6.54 Å². The molecule has 3 aromatic rings. The molecule has 0 radical (unpaired) electrons. The normalized spacial score (nSPS) is 9.69.